The molecule has 22 heavy (non-hydrogen) atoms. The van der Waals surface area contributed by atoms with Crippen LogP contribution < -0.4 is 0 Å². The monoisotopic (exact) mass is 294 g/mol. The number of nitrogens with zero attached hydrogens (tertiary/aromatic N) is 2. The molecule has 2 aromatic rings. The summed E-state index contributed by atoms with van der Waals surface area (Å²) in [6.07, 6.45) is 9.58. The molecule has 116 valence electrons. The van der Waals surface area contributed by atoms with Crippen LogP contribution in [0.1, 0.15) is 31.0 Å². The fourth-order valence-corrected chi connectivity index (χ4v) is 4.65. The first-order valence-corrected chi connectivity index (χ1v) is 8.72. The van der Waals surface area contributed by atoms with Crippen LogP contribution in [0.4, 0.5) is 0 Å². The van der Waals surface area contributed by atoms with Crippen molar-refractivity contribution in [3.8, 4) is 0 Å². The van der Waals surface area contributed by atoms with Crippen molar-refractivity contribution in [3.63, 3.8) is 0 Å². The van der Waals surface area contributed by atoms with Crippen LogP contribution in [0.15, 0.2) is 30.3 Å². The number of para-hydroxylation sites is 1. The van der Waals surface area contributed by atoms with Gasteiger partial charge < -0.3 is 9.47 Å². The molecule has 1 aromatic carbocycles. The molecule has 0 amide bonds. The number of fused-ring (bicyclic) bond motifs is 5. The van der Waals surface area contributed by atoms with Crippen molar-refractivity contribution >= 4 is 17.1 Å². The zero-order chi connectivity index (χ0) is 15.1. The Morgan fingerprint density at radius 1 is 1.14 bits per heavy atom. The lowest BCUT2D eigenvalue weighted by atomic mass is 9.87. The van der Waals surface area contributed by atoms with Gasteiger partial charge in [0.1, 0.15) is 0 Å². The van der Waals surface area contributed by atoms with Gasteiger partial charge in [0.2, 0.25) is 0 Å². The van der Waals surface area contributed by atoms with Gasteiger partial charge in [0.15, 0.2) is 0 Å². The molecule has 1 aliphatic heterocycles. The topological polar surface area (TPSA) is 8.17 Å². The molecule has 2 aliphatic rings. The number of benzene rings is 1. The number of hydrogen-bond acceptors (Lipinski definition) is 1. The summed E-state index contributed by atoms with van der Waals surface area (Å²) in [5, 5.41) is 1.48. The van der Waals surface area contributed by atoms with Gasteiger partial charge in [-0.2, -0.15) is 0 Å². The Morgan fingerprint density at radius 2 is 1.91 bits per heavy atom. The Morgan fingerprint density at radius 3 is 2.73 bits per heavy atom. The normalized spacial score (nSPS) is 25.5. The van der Waals surface area contributed by atoms with Gasteiger partial charge in [0.25, 0.3) is 0 Å². The summed E-state index contributed by atoms with van der Waals surface area (Å²) in [5.74, 6) is 1.66. The first-order chi connectivity index (χ1) is 10.8. The maximum Gasteiger partial charge on any atom is 0.0528 e. The Balaban J connectivity index is 1.88. The molecule has 0 saturated carbocycles. The van der Waals surface area contributed by atoms with Gasteiger partial charge in [0.05, 0.1) is 5.52 Å². The zero-order valence-electron chi connectivity index (χ0n) is 13.8. The highest BCUT2D eigenvalue weighted by Crippen LogP contribution is 2.38. The predicted octanol–water partition coefficient (Wildman–Crippen LogP) is 4.19. The predicted molar refractivity (Wildman–Crippen MR) is 94.1 cm³/mol. The van der Waals surface area contributed by atoms with E-state index in [1.165, 1.54) is 43.3 Å². The second-order valence-corrected chi connectivity index (χ2v) is 7.20. The van der Waals surface area contributed by atoms with E-state index < -0.39 is 0 Å². The van der Waals surface area contributed by atoms with Crippen molar-refractivity contribution in [1.29, 1.82) is 0 Å². The van der Waals surface area contributed by atoms with Crippen LogP contribution in [0.3, 0.4) is 0 Å². The third kappa shape index (κ3) is 2.30. The summed E-state index contributed by atoms with van der Waals surface area (Å²) in [4.78, 5) is 2.54. The molecular weight excluding hydrogens is 268 g/mol. The molecule has 2 bridgehead atoms. The summed E-state index contributed by atoms with van der Waals surface area (Å²) in [6, 6.07) is 8.97. The van der Waals surface area contributed by atoms with Crippen LogP contribution in [0.25, 0.3) is 17.1 Å². The number of hydrogen-bond donors (Lipinski definition) is 0. The van der Waals surface area contributed by atoms with Crippen molar-refractivity contribution in [2.45, 2.75) is 32.6 Å². The highest BCUT2D eigenvalue weighted by Gasteiger charge is 2.32. The van der Waals surface area contributed by atoms with E-state index in [4.69, 9.17) is 0 Å². The van der Waals surface area contributed by atoms with Crippen LogP contribution in [0, 0.1) is 11.8 Å². The average Bonchev–Trinajstić information content (AvgIpc) is 2.70. The number of rotatable bonds is 2. The fraction of sp³-hybridized carbons (Fsp3) is 0.500. The lowest BCUT2D eigenvalue weighted by Gasteiger charge is -2.33. The van der Waals surface area contributed by atoms with E-state index in [1.807, 2.05) is 0 Å². The quantitative estimate of drug-likeness (QED) is 0.806. The minimum atomic E-state index is 0.822. The van der Waals surface area contributed by atoms with E-state index in [0.29, 0.717) is 0 Å². The van der Waals surface area contributed by atoms with E-state index >= 15 is 0 Å². The van der Waals surface area contributed by atoms with E-state index in [9.17, 15) is 0 Å². The van der Waals surface area contributed by atoms with Gasteiger partial charge in [-0.3, -0.25) is 0 Å². The molecular formula is C20H26N2. The van der Waals surface area contributed by atoms with Crippen LogP contribution in [0.5, 0.6) is 0 Å². The summed E-state index contributed by atoms with van der Waals surface area (Å²) >= 11 is 0. The first-order valence-electron chi connectivity index (χ1n) is 8.72. The molecule has 2 heteroatoms. The molecule has 0 radical (unpaired) electrons. The fourth-order valence-electron chi connectivity index (χ4n) is 4.65. The second kappa shape index (κ2) is 5.58. The Kier molecular flexibility index (Phi) is 3.57. The maximum absolute atomic E-state index is 2.54. The third-order valence-corrected chi connectivity index (χ3v) is 5.40. The molecule has 1 aliphatic carbocycles. The molecule has 2 heterocycles. The molecule has 2 atom stereocenters. The molecule has 1 saturated heterocycles. The van der Waals surface area contributed by atoms with Gasteiger partial charge in [0, 0.05) is 30.4 Å². The first kappa shape index (κ1) is 14.1. The number of likely N-dealkylation sites (tertiary alicyclic amines) is 1. The van der Waals surface area contributed by atoms with Gasteiger partial charge in [-0.1, -0.05) is 31.2 Å². The summed E-state index contributed by atoms with van der Waals surface area (Å²) in [5.41, 5.74) is 4.60. The number of aromatic nitrogens is 1. The van der Waals surface area contributed by atoms with Crippen molar-refractivity contribution in [1.82, 2.24) is 9.47 Å². The average molecular weight is 294 g/mol. The Hall–Kier alpha value is -1.54. The van der Waals surface area contributed by atoms with Crippen molar-refractivity contribution < 1.29 is 0 Å². The van der Waals surface area contributed by atoms with Crippen LogP contribution >= 0.6 is 0 Å². The summed E-state index contributed by atoms with van der Waals surface area (Å²) in [7, 11) is 2.29. The highest BCUT2D eigenvalue weighted by molar-refractivity contribution is 5.87. The maximum atomic E-state index is 2.54. The number of piperidine rings is 1. The minimum Gasteiger partial charge on any atom is -0.320 e. The molecule has 0 N–H and O–H groups in total. The molecule has 0 spiro atoms. The van der Waals surface area contributed by atoms with Crippen LogP contribution in [-0.2, 0) is 12.8 Å². The zero-order valence-corrected chi connectivity index (χ0v) is 13.8. The van der Waals surface area contributed by atoms with Crippen LogP contribution in [-0.4, -0.2) is 29.6 Å². The molecule has 1 fully saturated rings. The molecule has 1 aromatic heterocycles. The van der Waals surface area contributed by atoms with E-state index in [2.05, 4.69) is 60.0 Å². The van der Waals surface area contributed by atoms with Crippen molar-refractivity contribution in [2.75, 3.05) is 20.1 Å². The number of allylic oxidation sites excluding steroid dienone is 1. The third-order valence-electron chi connectivity index (χ3n) is 5.40. The Bertz CT molecular complexity index is 710. The van der Waals surface area contributed by atoms with E-state index in [-0.39, 0.29) is 0 Å². The lowest BCUT2D eigenvalue weighted by molar-refractivity contribution is 0.156. The second-order valence-electron chi connectivity index (χ2n) is 7.20. The smallest absolute Gasteiger partial charge is 0.0528 e. The van der Waals surface area contributed by atoms with Crippen molar-refractivity contribution in [3.05, 3.63) is 41.6 Å². The lowest BCUT2D eigenvalue weighted by Crippen LogP contribution is -2.38. The minimum absolute atomic E-state index is 0.822. The summed E-state index contributed by atoms with van der Waals surface area (Å²) < 4.78 is 2.48. The van der Waals surface area contributed by atoms with Crippen molar-refractivity contribution in [2.24, 2.45) is 11.8 Å². The van der Waals surface area contributed by atoms with Gasteiger partial charge in [-0.05, 0) is 56.2 Å². The van der Waals surface area contributed by atoms with Gasteiger partial charge >= 0.3 is 0 Å². The standard InChI is InChI=1S/C20H26N2/c1-3-4-9-22-19-8-6-5-7-17(19)18-11-15-10-16(12-20(18)22)14-21(2)13-15/h4-9,15-16H,3,10-14H2,1-2H3/b9-4+. The van der Waals surface area contributed by atoms with Gasteiger partial charge in [-0.15, -0.1) is 0 Å². The molecule has 2 nitrogen and oxygen atoms in total. The van der Waals surface area contributed by atoms with E-state index in [1.54, 1.807) is 11.3 Å². The SMILES string of the molecule is CC/C=C/n1c2c(c3ccccc31)CC1CC(C2)CN(C)C1. The van der Waals surface area contributed by atoms with Gasteiger partial charge in [-0.25, -0.2) is 0 Å². The Labute approximate surface area is 133 Å². The van der Waals surface area contributed by atoms with Crippen LogP contribution in [0.2, 0.25) is 0 Å². The largest absolute Gasteiger partial charge is 0.320 e. The highest BCUT2D eigenvalue weighted by atomic mass is 15.1. The molecule has 2 unspecified atom stereocenters. The van der Waals surface area contributed by atoms with E-state index in [0.717, 1.165) is 18.3 Å². The molecule has 4 rings (SSSR count). The summed E-state index contributed by atoms with van der Waals surface area (Å²) in [6.45, 7) is 4.73.